The molecule has 0 radical (unpaired) electrons. The van der Waals surface area contributed by atoms with E-state index in [1.165, 1.54) is 11.3 Å². The molecule has 8 nitrogen and oxygen atoms in total. The summed E-state index contributed by atoms with van der Waals surface area (Å²) in [6, 6.07) is 16.2. The van der Waals surface area contributed by atoms with E-state index in [1.54, 1.807) is 5.38 Å². The fourth-order valence-electron chi connectivity index (χ4n) is 3.66. The first kappa shape index (κ1) is 22.0. The van der Waals surface area contributed by atoms with Crippen LogP contribution in [0.3, 0.4) is 0 Å². The number of aromatic nitrogens is 1. The number of amides is 2. The maximum Gasteiger partial charge on any atom is 0.413 e. The third kappa shape index (κ3) is 5.37. The molecule has 1 aliphatic rings. The zero-order valence-corrected chi connectivity index (χ0v) is 18.1. The molecule has 0 bridgehead atoms. The minimum atomic E-state index is -1.26. The van der Waals surface area contributed by atoms with Crippen molar-refractivity contribution in [3.8, 4) is 23.0 Å². The predicted molar refractivity (Wildman–Crippen MR) is 123 cm³/mol. The molecule has 1 aliphatic carbocycles. The molecule has 4 rings (SSSR count). The van der Waals surface area contributed by atoms with E-state index in [2.05, 4.69) is 33.7 Å². The van der Waals surface area contributed by atoms with Crippen molar-refractivity contribution in [3.63, 3.8) is 0 Å². The van der Waals surface area contributed by atoms with Gasteiger partial charge in [0.2, 0.25) is 5.91 Å². The molecule has 33 heavy (non-hydrogen) atoms. The summed E-state index contributed by atoms with van der Waals surface area (Å²) in [5.41, 5.74) is 5.03. The lowest BCUT2D eigenvalue weighted by Crippen LogP contribution is -2.25. The second kappa shape index (κ2) is 9.97. The number of nitrogens with zero attached hydrogens (tertiary/aromatic N) is 1. The molecule has 0 spiro atoms. The van der Waals surface area contributed by atoms with E-state index in [9.17, 15) is 14.4 Å². The fraction of sp³-hybridized carbons (Fsp3) is 0.167. The van der Waals surface area contributed by atoms with Gasteiger partial charge in [-0.3, -0.25) is 10.1 Å². The third-order valence-corrected chi connectivity index (χ3v) is 5.82. The predicted octanol–water partition coefficient (Wildman–Crippen LogP) is 3.25. The highest BCUT2D eigenvalue weighted by atomic mass is 32.1. The Hall–Kier alpha value is -4.16. The van der Waals surface area contributed by atoms with Crippen molar-refractivity contribution < 1.29 is 24.2 Å². The van der Waals surface area contributed by atoms with Crippen molar-refractivity contribution in [3.05, 3.63) is 70.7 Å². The summed E-state index contributed by atoms with van der Waals surface area (Å²) in [5, 5.41) is 15.5. The molecule has 166 valence electrons. The number of carbonyl (C=O) groups excluding carboxylic acids is 2. The average Bonchev–Trinajstić information content (AvgIpc) is 3.37. The van der Waals surface area contributed by atoms with Crippen molar-refractivity contribution in [2.24, 2.45) is 0 Å². The van der Waals surface area contributed by atoms with Gasteiger partial charge in [-0.15, -0.1) is 11.3 Å². The van der Waals surface area contributed by atoms with Gasteiger partial charge in [0.15, 0.2) is 5.13 Å². The largest absolute Gasteiger partial charge is 0.472 e. The quantitative estimate of drug-likeness (QED) is 0.485. The number of benzene rings is 2. The summed E-state index contributed by atoms with van der Waals surface area (Å²) >= 11 is 1.18. The van der Waals surface area contributed by atoms with Gasteiger partial charge in [0.1, 0.15) is 6.61 Å². The number of nitrogens with one attached hydrogen (secondary N) is 2. The molecule has 0 saturated carbocycles. The fourth-order valence-corrected chi connectivity index (χ4v) is 4.35. The smallest absolute Gasteiger partial charge is 0.413 e. The van der Waals surface area contributed by atoms with E-state index in [4.69, 9.17) is 9.84 Å². The van der Waals surface area contributed by atoms with E-state index in [-0.39, 0.29) is 31.4 Å². The van der Waals surface area contributed by atoms with E-state index in [0.29, 0.717) is 10.8 Å². The number of carbonyl (C=O) groups is 3. The van der Waals surface area contributed by atoms with Crippen molar-refractivity contribution in [1.82, 2.24) is 10.3 Å². The molecule has 1 aromatic heterocycles. The summed E-state index contributed by atoms with van der Waals surface area (Å²) in [6.07, 6.45) is -0.636. The van der Waals surface area contributed by atoms with Gasteiger partial charge in [-0.05, 0) is 22.3 Å². The standard InChI is InChI=1S/C24H19N3O5S/c28-21(25-11-5-10-22(29)30)12-15-14-33-23(26-15)27-24(31)32-13-20-18-8-3-1-6-16(18)17-7-2-4-9-19(17)20/h1-4,6-9,14,20H,11-13H2,(H,25,28)(H,29,30)(H,26,27,31). The van der Waals surface area contributed by atoms with Crippen LogP contribution in [0.1, 0.15) is 22.7 Å². The van der Waals surface area contributed by atoms with Crippen molar-refractivity contribution >= 4 is 34.4 Å². The van der Waals surface area contributed by atoms with E-state index in [0.717, 1.165) is 22.3 Å². The van der Waals surface area contributed by atoms with Crippen LogP contribution in [-0.2, 0) is 20.7 Å². The zero-order valence-electron chi connectivity index (χ0n) is 17.3. The van der Waals surface area contributed by atoms with E-state index in [1.807, 2.05) is 42.3 Å². The van der Waals surface area contributed by atoms with Crippen LogP contribution >= 0.6 is 11.3 Å². The van der Waals surface area contributed by atoms with Gasteiger partial charge < -0.3 is 15.2 Å². The van der Waals surface area contributed by atoms with Gasteiger partial charge in [-0.25, -0.2) is 14.6 Å². The molecular formula is C24H19N3O5S. The first-order valence-corrected chi connectivity index (χ1v) is 10.9. The first-order valence-electron chi connectivity index (χ1n) is 10.1. The van der Waals surface area contributed by atoms with Crippen LogP contribution in [0.25, 0.3) is 11.1 Å². The first-order chi connectivity index (χ1) is 16.0. The van der Waals surface area contributed by atoms with Gasteiger partial charge in [-0.1, -0.05) is 54.5 Å². The molecule has 0 aliphatic heterocycles. The second-order valence-corrected chi connectivity index (χ2v) is 8.01. The molecular weight excluding hydrogens is 442 g/mol. The van der Waals surface area contributed by atoms with Crippen LogP contribution in [-0.4, -0.2) is 41.2 Å². The SMILES string of the molecule is O=C(O)C#CCNC(=O)Cc1csc(NC(=O)OCC2c3ccccc3-c3ccccc32)n1. The van der Waals surface area contributed by atoms with Crippen molar-refractivity contribution in [1.29, 1.82) is 0 Å². The number of fused-ring (bicyclic) bond motifs is 3. The molecule has 0 saturated heterocycles. The number of carboxylic acid groups (broad SMARTS) is 1. The van der Waals surface area contributed by atoms with Crippen molar-refractivity contribution in [2.75, 3.05) is 18.5 Å². The average molecular weight is 461 g/mol. The Kier molecular flexibility index (Phi) is 6.66. The van der Waals surface area contributed by atoms with E-state index < -0.39 is 12.1 Å². The lowest BCUT2D eigenvalue weighted by molar-refractivity contribution is -0.130. The third-order valence-electron chi connectivity index (χ3n) is 5.02. The minimum absolute atomic E-state index is 0.0162. The summed E-state index contributed by atoms with van der Waals surface area (Å²) in [4.78, 5) is 38.7. The van der Waals surface area contributed by atoms with E-state index >= 15 is 0 Å². The number of hydrogen-bond acceptors (Lipinski definition) is 6. The number of thiazole rings is 1. The molecule has 1 heterocycles. The number of rotatable bonds is 6. The number of hydrogen-bond donors (Lipinski definition) is 3. The highest BCUT2D eigenvalue weighted by Crippen LogP contribution is 2.44. The second-order valence-electron chi connectivity index (χ2n) is 7.15. The Balaban J connectivity index is 1.30. The molecule has 3 aromatic rings. The Morgan fingerprint density at radius 1 is 1.06 bits per heavy atom. The molecule has 0 atom stereocenters. The van der Waals surface area contributed by atoms with Crippen LogP contribution in [0.2, 0.25) is 0 Å². The number of ether oxygens (including phenoxy) is 1. The molecule has 0 fully saturated rings. The maximum atomic E-state index is 12.3. The molecule has 2 aromatic carbocycles. The van der Waals surface area contributed by atoms with Gasteiger partial charge in [0, 0.05) is 17.2 Å². The van der Waals surface area contributed by atoms with Gasteiger partial charge in [0.05, 0.1) is 18.7 Å². The van der Waals surface area contributed by atoms with Crippen molar-refractivity contribution in [2.45, 2.75) is 12.3 Å². The van der Waals surface area contributed by atoms with Crippen LogP contribution < -0.4 is 10.6 Å². The Bertz CT molecular complexity index is 1230. The maximum absolute atomic E-state index is 12.3. The van der Waals surface area contributed by atoms with Gasteiger partial charge >= 0.3 is 12.1 Å². The zero-order chi connectivity index (χ0) is 23.2. The van der Waals surface area contributed by atoms with Crippen LogP contribution in [0.15, 0.2) is 53.9 Å². The summed E-state index contributed by atoms with van der Waals surface area (Å²) in [7, 11) is 0. The monoisotopic (exact) mass is 461 g/mol. The normalized spacial score (nSPS) is 11.5. The number of aliphatic carboxylic acids is 1. The molecule has 2 amide bonds. The van der Waals surface area contributed by atoms with Gasteiger partial charge in [-0.2, -0.15) is 0 Å². The Morgan fingerprint density at radius 2 is 1.73 bits per heavy atom. The highest BCUT2D eigenvalue weighted by Gasteiger charge is 2.29. The summed E-state index contributed by atoms with van der Waals surface area (Å²) < 4.78 is 5.49. The number of anilines is 1. The molecule has 3 N–H and O–H groups in total. The summed E-state index contributed by atoms with van der Waals surface area (Å²) in [6.45, 7) is 0.123. The van der Waals surface area contributed by atoms with Crippen LogP contribution in [0, 0.1) is 11.8 Å². The molecule has 9 heteroatoms. The number of carboxylic acids is 1. The molecule has 0 unspecified atom stereocenters. The van der Waals surface area contributed by atoms with Crippen LogP contribution in [0.4, 0.5) is 9.93 Å². The Labute approximate surface area is 193 Å². The minimum Gasteiger partial charge on any atom is -0.472 e. The van der Waals surface area contributed by atoms with Gasteiger partial charge in [0.25, 0.3) is 0 Å². The lowest BCUT2D eigenvalue weighted by atomic mass is 9.98. The topological polar surface area (TPSA) is 118 Å². The lowest BCUT2D eigenvalue weighted by Gasteiger charge is -2.14. The van der Waals surface area contributed by atoms with Crippen LogP contribution in [0.5, 0.6) is 0 Å². The Morgan fingerprint density at radius 3 is 2.39 bits per heavy atom. The summed E-state index contributed by atoms with van der Waals surface area (Å²) in [5.74, 6) is 2.57. The highest BCUT2D eigenvalue weighted by molar-refractivity contribution is 7.13.